The van der Waals surface area contributed by atoms with Crippen LogP contribution in [0.25, 0.3) is 6.08 Å². The van der Waals surface area contributed by atoms with E-state index in [1.165, 1.54) is 18.2 Å². The van der Waals surface area contributed by atoms with Crippen molar-refractivity contribution in [2.24, 2.45) is 0 Å². The van der Waals surface area contributed by atoms with Crippen molar-refractivity contribution >= 4 is 33.6 Å². The second kappa shape index (κ2) is 6.15. The summed E-state index contributed by atoms with van der Waals surface area (Å²) in [4.78, 5) is 15.7. The van der Waals surface area contributed by atoms with Crippen LogP contribution in [0.1, 0.15) is 5.56 Å². The number of hydrogen-bond donors (Lipinski definition) is 2. The van der Waals surface area contributed by atoms with Gasteiger partial charge in [0.05, 0.1) is 0 Å². The lowest BCUT2D eigenvalue weighted by molar-refractivity contribution is -0.111. The van der Waals surface area contributed by atoms with E-state index in [1.807, 2.05) is 6.07 Å². The van der Waals surface area contributed by atoms with E-state index in [-0.39, 0.29) is 11.7 Å². The topological polar surface area (TPSA) is 62.2 Å². The normalized spacial score (nSPS) is 10.6. The largest absolute Gasteiger partial charge is 0.508 e. The molecule has 0 aliphatic rings. The number of hydrogen-bond acceptors (Lipinski definition) is 3. The summed E-state index contributed by atoms with van der Waals surface area (Å²) >= 11 is 3.26. The Hall–Kier alpha value is -2.14. The van der Waals surface area contributed by atoms with Crippen LogP contribution in [0.4, 0.5) is 5.69 Å². The summed E-state index contributed by atoms with van der Waals surface area (Å²) in [5, 5.41) is 11.8. The van der Waals surface area contributed by atoms with Gasteiger partial charge in [0.25, 0.3) is 0 Å². The Morgan fingerprint density at radius 1 is 1.26 bits per heavy atom. The van der Waals surface area contributed by atoms with Crippen LogP contribution in [0.15, 0.2) is 53.3 Å². The van der Waals surface area contributed by atoms with Crippen molar-refractivity contribution in [1.29, 1.82) is 0 Å². The minimum atomic E-state index is -0.237. The number of aromatic nitrogens is 1. The Morgan fingerprint density at radius 3 is 2.68 bits per heavy atom. The molecule has 0 bridgehead atoms. The van der Waals surface area contributed by atoms with Gasteiger partial charge >= 0.3 is 0 Å². The third-order valence-corrected chi connectivity index (χ3v) is 2.75. The molecule has 1 amide bonds. The number of aromatic hydroxyl groups is 1. The van der Waals surface area contributed by atoms with Gasteiger partial charge in [0.1, 0.15) is 10.4 Å². The Morgan fingerprint density at radius 2 is 2.00 bits per heavy atom. The fourth-order valence-electron chi connectivity index (χ4n) is 1.42. The maximum atomic E-state index is 11.7. The van der Waals surface area contributed by atoms with Crippen molar-refractivity contribution in [3.8, 4) is 5.75 Å². The lowest BCUT2D eigenvalue weighted by atomic mass is 10.2. The summed E-state index contributed by atoms with van der Waals surface area (Å²) in [7, 11) is 0. The number of phenols is 1. The lowest BCUT2D eigenvalue weighted by Gasteiger charge is -2.01. The van der Waals surface area contributed by atoms with Gasteiger partial charge in [-0.3, -0.25) is 4.79 Å². The van der Waals surface area contributed by atoms with Crippen molar-refractivity contribution < 1.29 is 9.90 Å². The number of phenolic OH excluding ortho intramolecular Hbond substituents is 1. The SMILES string of the molecule is O=C(C=Cc1ccnc(Br)c1)Nc1ccc(O)cc1. The van der Waals surface area contributed by atoms with Crippen LogP contribution in [0, 0.1) is 0 Å². The molecule has 1 heterocycles. The molecule has 96 valence electrons. The van der Waals surface area contributed by atoms with Crippen LogP contribution in [-0.4, -0.2) is 16.0 Å². The summed E-state index contributed by atoms with van der Waals surface area (Å²) in [6.45, 7) is 0. The van der Waals surface area contributed by atoms with Crippen LogP contribution >= 0.6 is 15.9 Å². The number of carbonyl (C=O) groups is 1. The van der Waals surface area contributed by atoms with Crippen LogP contribution < -0.4 is 5.32 Å². The highest BCUT2D eigenvalue weighted by Gasteiger charge is 1.98. The first-order valence-corrected chi connectivity index (χ1v) is 6.32. The van der Waals surface area contributed by atoms with Gasteiger partial charge in [-0.15, -0.1) is 0 Å². The standard InChI is InChI=1S/C14H11BrN2O2/c15-13-9-10(7-8-16-13)1-6-14(19)17-11-2-4-12(18)5-3-11/h1-9,18H,(H,17,19). The van der Waals surface area contributed by atoms with Crippen molar-refractivity contribution in [2.45, 2.75) is 0 Å². The quantitative estimate of drug-likeness (QED) is 0.519. The van der Waals surface area contributed by atoms with E-state index in [9.17, 15) is 4.79 Å². The minimum absolute atomic E-state index is 0.162. The molecule has 0 aliphatic carbocycles. The van der Waals surface area contributed by atoms with Crippen LogP contribution in [0.3, 0.4) is 0 Å². The van der Waals surface area contributed by atoms with Gasteiger partial charge in [0.2, 0.25) is 5.91 Å². The number of nitrogens with zero attached hydrogens (tertiary/aromatic N) is 1. The molecule has 4 nitrogen and oxygen atoms in total. The molecule has 1 aromatic heterocycles. The van der Waals surface area contributed by atoms with Gasteiger partial charge < -0.3 is 10.4 Å². The molecular weight excluding hydrogens is 308 g/mol. The summed E-state index contributed by atoms with van der Waals surface area (Å²) in [6, 6.07) is 9.90. The van der Waals surface area contributed by atoms with Crippen LogP contribution in [0.2, 0.25) is 0 Å². The zero-order valence-corrected chi connectivity index (χ0v) is 11.5. The fraction of sp³-hybridized carbons (Fsp3) is 0. The smallest absolute Gasteiger partial charge is 0.248 e. The Labute approximate surface area is 118 Å². The maximum absolute atomic E-state index is 11.7. The van der Waals surface area contributed by atoms with E-state index in [0.29, 0.717) is 10.3 Å². The molecule has 0 atom stereocenters. The first kappa shape index (κ1) is 13.3. The highest BCUT2D eigenvalue weighted by atomic mass is 79.9. The fourth-order valence-corrected chi connectivity index (χ4v) is 1.80. The number of nitrogens with one attached hydrogen (secondary N) is 1. The molecule has 19 heavy (non-hydrogen) atoms. The minimum Gasteiger partial charge on any atom is -0.508 e. The van der Waals surface area contributed by atoms with Crippen LogP contribution in [0.5, 0.6) is 5.75 Å². The molecule has 0 spiro atoms. The lowest BCUT2D eigenvalue weighted by Crippen LogP contribution is -2.07. The first-order chi connectivity index (χ1) is 9.13. The van der Waals surface area contributed by atoms with Gasteiger partial charge in [0, 0.05) is 18.0 Å². The van der Waals surface area contributed by atoms with Gasteiger partial charge in [-0.05, 0) is 64.0 Å². The number of pyridine rings is 1. The van der Waals surface area contributed by atoms with Crippen molar-refractivity contribution in [3.63, 3.8) is 0 Å². The van der Waals surface area contributed by atoms with E-state index in [0.717, 1.165) is 5.56 Å². The molecule has 5 heteroatoms. The summed E-state index contributed by atoms with van der Waals surface area (Å²) in [5.74, 6) is -0.0752. The van der Waals surface area contributed by atoms with Gasteiger partial charge in [-0.1, -0.05) is 0 Å². The second-order valence-electron chi connectivity index (χ2n) is 3.78. The van der Waals surface area contributed by atoms with Crippen molar-refractivity contribution in [3.05, 3.63) is 58.8 Å². The molecule has 0 saturated heterocycles. The average molecular weight is 319 g/mol. The third-order valence-electron chi connectivity index (χ3n) is 2.31. The van der Waals surface area contributed by atoms with E-state index < -0.39 is 0 Å². The molecule has 2 rings (SSSR count). The number of rotatable bonds is 3. The zero-order valence-electron chi connectivity index (χ0n) is 9.88. The number of anilines is 1. The zero-order chi connectivity index (χ0) is 13.7. The predicted octanol–water partition coefficient (Wildman–Crippen LogP) is 3.20. The van der Waals surface area contributed by atoms with E-state index in [4.69, 9.17) is 5.11 Å². The van der Waals surface area contributed by atoms with Gasteiger partial charge in [-0.25, -0.2) is 4.98 Å². The molecule has 0 unspecified atom stereocenters. The molecule has 0 fully saturated rings. The van der Waals surface area contributed by atoms with E-state index in [2.05, 4.69) is 26.2 Å². The molecule has 2 aromatic rings. The van der Waals surface area contributed by atoms with Crippen LogP contribution in [-0.2, 0) is 4.79 Å². The Bertz CT molecular complexity index is 609. The van der Waals surface area contributed by atoms with E-state index >= 15 is 0 Å². The third kappa shape index (κ3) is 4.22. The van der Waals surface area contributed by atoms with Crippen molar-refractivity contribution in [1.82, 2.24) is 4.98 Å². The average Bonchev–Trinajstić information content (AvgIpc) is 2.39. The number of benzene rings is 1. The van der Waals surface area contributed by atoms with Gasteiger partial charge in [-0.2, -0.15) is 0 Å². The summed E-state index contributed by atoms with van der Waals surface area (Å²) in [5.41, 5.74) is 1.51. The number of carbonyl (C=O) groups excluding carboxylic acids is 1. The van der Waals surface area contributed by atoms with Gasteiger partial charge in [0.15, 0.2) is 0 Å². The Balaban J connectivity index is 1.99. The monoisotopic (exact) mass is 318 g/mol. The van der Waals surface area contributed by atoms with Crippen molar-refractivity contribution in [2.75, 3.05) is 5.32 Å². The maximum Gasteiger partial charge on any atom is 0.248 e. The molecule has 0 radical (unpaired) electrons. The number of halogens is 1. The first-order valence-electron chi connectivity index (χ1n) is 5.53. The molecule has 2 N–H and O–H groups in total. The molecule has 0 saturated carbocycles. The molecule has 1 aromatic carbocycles. The highest BCUT2D eigenvalue weighted by molar-refractivity contribution is 9.10. The Kier molecular flexibility index (Phi) is 4.30. The molecule has 0 aliphatic heterocycles. The summed E-state index contributed by atoms with van der Waals surface area (Å²) in [6.07, 6.45) is 4.79. The summed E-state index contributed by atoms with van der Waals surface area (Å²) < 4.78 is 0.716. The van der Waals surface area contributed by atoms with E-state index in [1.54, 1.807) is 30.5 Å². The second-order valence-corrected chi connectivity index (χ2v) is 4.59. The molecular formula is C14H11BrN2O2. The number of amides is 1. The highest BCUT2D eigenvalue weighted by Crippen LogP contribution is 2.14. The predicted molar refractivity (Wildman–Crippen MR) is 77.7 cm³/mol.